The summed E-state index contributed by atoms with van der Waals surface area (Å²) in [6, 6.07) is 10.4. The Morgan fingerprint density at radius 3 is 2.45 bits per heavy atom. The van der Waals surface area contributed by atoms with Crippen LogP contribution >= 0.6 is 0 Å². The number of nitrogens with one attached hydrogen (secondary N) is 1. The molecule has 1 fully saturated rings. The molecule has 2 amide bonds. The first-order chi connectivity index (χ1) is 14.2. The van der Waals surface area contributed by atoms with E-state index in [0.29, 0.717) is 60.4 Å². The number of carbonyl (C=O) groups excluding carboxylic acids is 2. The molecule has 0 saturated carbocycles. The number of piperazine rings is 1. The van der Waals surface area contributed by atoms with Crippen molar-refractivity contribution in [1.29, 1.82) is 0 Å². The minimum absolute atomic E-state index is 0.0877. The molecule has 9 heteroatoms. The van der Waals surface area contributed by atoms with Crippen molar-refractivity contribution >= 4 is 11.8 Å². The predicted octanol–water partition coefficient (Wildman–Crippen LogP) is 2.00. The first-order valence-corrected chi connectivity index (χ1v) is 9.26. The van der Waals surface area contributed by atoms with E-state index in [9.17, 15) is 9.59 Å². The third-order valence-corrected chi connectivity index (χ3v) is 5.06. The van der Waals surface area contributed by atoms with Gasteiger partial charge in [0.25, 0.3) is 11.8 Å². The number of H-pyrrole nitrogens is 1. The van der Waals surface area contributed by atoms with Crippen molar-refractivity contribution < 1.29 is 23.5 Å². The highest BCUT2D eigenvalue weighted by Crippen LogP contribution is 2.33. The van der Waals surface area contributed by atoms with Crippen molar-refractivity contribution in [2.45, 2.75) is 0 Å². The molecule has 1 saturated heterocycles. The number of benzene rings is 1. The Labute approximate surface area is 165 Å². The molecule has 2 aliphatic heterocycles. The van der Waals surface area contributed by atoms with Gasteiger partial charge in [0.05, 0.1) is 6.26 Å². The van der Waals surface area contributed by atoms with Crippen LogP contribution in [0.4, 0.5) is 0 Å². The molecule has 3 aromatic rings. The van der Waals surface area contributed by atoms with E-state index in [2.05, 4.69) is 10.2 Å². The molecule has 9 nitrogen and oxygen atoms in total. The van der Waals surface area contributed by atoms with Crippen LogP contribution in [0.1, 0.15) is 20.8 Å². The van der Waals surface area contributed by atoms with Gasteiger partial charge in [0.1, 0.15) is 5.69 Å². The highest BCUT2D eigenvalue weighted by Gasteiger charge is 2.27. The molecule has 0 spiro atoms. The van der Waals surface area contributed by atoms with Crippen LogP contribution in [0.2, 0.25) is 0 Å². The summed E-state index contributed by atoms with van der Waals surface area (Å²) in [7, 11) is 0. The monoisotopic (exact) mass is 394 g/mol. The SMILES string of the molecule is O=C(c1ccc2c(c1)OCO2)N1CCN(C(=O)c2cc(-c3ccco3)[nH]n2)CC1. The van der Waals surface area contributed by atoms with E-state index in [1.807, 2.05) is 0 Å². The number of amides is 2. The second-order valence-corrected chi connectivity index (χ2v) is 6.80. The number of furan rings is 1. The van der Waals surface area contributed by atoms with Crippen LogP contribution in [0.15, 0.2) is 47.1 Å². The highest BCUT2D eigenvalue weighted by atomic mass is 16.7. The minimum atomic E-state index is -0.172. The fourth-order valence-corrected chi connectivity index (χ4v) is 3.48. The minimum Gasteiger partial charge on any atom is -0.463 e. The summed E-state index contributed by atoms with van der Waals surface area (Å²) in [5, 5.41) is 6.92. The number of nitrogens with zero attached hydrogens (tertiary/aromatic N) is 3. The van der Waals surface area contributed by atoms with Crippen molar-refractivity contribution in [3.63, 3.8) is 0 Å². The molecule has 4 heterocycles. The van der Waals surface area contributed by atoms with Crippen LogP contribution in [0.3, 0.4) is 0 Å². The number of ether oxygens (including phenoxy) is 2. The lowest BCUT2D eigenvalue weighted by Crippen LogP contribution is -2.50. The number of hydrogen-bond acceptors (Lipinski definition) is 6. The molecule has 148 valence electrons. The molecule has 0 aliphatic carbocycles. The Balaban J connectivity index is 1.22. The quantitative estimate of drug-likeness (QED) is 0.729. The predicted molar refractivity (Wildman–Crippen MR) is 101 cm³/mol. The van der Waals surface area contributed by atoms with Crippen LogP contribution < -0.4 is 9.47 Å². The van der Waals surface area contributed by atoms with E-state index in [-0.39, 0.29) is 18.6 Å². The van der Waals surface area contributed by atoms with Crippen LogP contribution in [-0.2, 0) is 0 Å². The second kappa shape index (κ2) is 7.01. The second-order valence-electron chi connectivity index (χ2n) is 6.80. The zero-order chi connectivity index (χ0) is 19.8. The Morgan fingerprint density at radius 1 is 0.931 bits per heavy atom. The van der Waals surface area contributed by atoms with Gasteiger partial charge in [-0.05, 0) is 30.3 Å². The molecule has 0 atom stereocenters. The van der Waals surface area contributed by atoms with Gasteiger partial charge in [0.2, 0.25) is 6.79 Å². The maximum absolute atomic E-state index is 12.8. The number of carbonyl (C=O) groups is 2. The molecule has 0 radical (unpaired) electrons. The number of aromatic nitrogens is 2. The number of fused-ring (bicyclic) bond motifs is 1. The van der Waals surface area contributed by atoms with Gasteiger partial charge < -0.3 is 23.7 Å². The summed E-state index contributed by atoms with van der Waals surface area (Å²) in [5.41, 5.74) is 1.52. The lowest BCUT2D eigenvalue weighted by atomic mass is 10.1. The lowest BCUT2D eigenvalue weighted by Gasteiger charge is -2.34. The van der Waals surface area contributed by atoms with Gasteiger partial charge in [-0.2, -0.15) is 5.10 Å². The van der Waals surface area contributed by atoms with E-state index < -0.39 is 0 Å². The van der Waals surface area contributed by atoms with Gasteiger partial charge in [0.15, 0.2) is 23.0 Å². The van der Waals surface area contributed by atoms with Crippen LogP contribution in [0.5, 0.6) is 11.5 Å². The summed E-state index contributed by atoms with van der Waals surface area (Å²) in [5.74, 6) is 1.58. The Morgan fingerprint density at radius 2 is 1.69 bits per heavy atom. The third kappa shape index (κ3) is 3.20. The van der Waals surface area contributed by atoms with Crippen LogP contribution in [0, 0.1) is 0 Å². The standard InChI is InChI=1S/C20H18N4O5/c25-19(13-3-4-17-18(10-13)29-12-28-17)23-5-7-24(8-6-23)20(26)15-11-14(21-22-15)16-2-1-9-27-16/h1-4,9-11H,5-8,12H2,(H,21,22). The Kier molecular flexibility index (Phi) is 4.19. The topological polar surface area (TPSA) is 101 Å². The Hall–Kier alpha value is -3.75. The van der Waals surface area contributed by atoms with E-state index >= 15 is 0 Å². The summed E-state index contributed by atoms with van der Waals surface area (Å²) < 4.78 is 15.9. The maximum atomic E-state index is 12.8. The van der Waals surface area contributed by atoms with E-state index in [1.54, 1.807) is 52.5 Å². The average Bonchev–Trinajstić information content (AvgIpc) is 3.53. The van der Waals surface area contributed by atoms with Gasteiger partial charge in [0, 0.05) is 37.8 Å². The van der Waals surface area contributed by atoms with Gasteiger partial charge in [-0.3, -0.25) is 14.7 Å². The smallest absolute Gasteiger partial charge is 0.274 e. The molecule has 2 aliphatic rings. The van der Waals surface area contributed by atoms with Crippen molar-refractivity contribution in [3.05, 3.63) is 53.9 Å². The van der Waals surface area contributed by atoms with E-state index in [0.717, 1.165) is 0 Å². The highest BCUT2D eigenvalue weighted by molar-refractivity contribution is 5.96. The molecule has 29 heavy (non-hydrogen) atoms. The van der Waals surface area contributed by atoms with Crippen molar-refractivity contribution in [2.24, 2.45) is 0 Å². The summed E-state index contributed by atoms with van der Waals surface area (Å²) in [4.78, 5) is 29.0. The van der Waals surface area contributed by atoms with Crippen molar-refractivity contribution in [1.82, 2.24) is 20.0 Å². The molecule has 0 bridgehead atoms. The largest absolute Gasteiger partial charge is 0.463 e. The normalized spacial score (nSPS) is 15.6. The number of aromatic amines is 1. The number of hydrogen-bond donors (Lipinski definition) is 1. The van der Waals surface area contributed by atoms with Gasteiger partial charge in [-0.1, -0.05) is 0 Å². The molecule has 0 unspecified atom stereocenters. The molecule has 5 rings (SSSR count). The number of rotatable bonds is 3. The van der Waals surface area contributed by atoms with Crippen LogP contribution in [0.25, 0.3) is 11.5 Å². The molecular formula is C20H18N4O5. The molecule has 1 N–H and O–H groups in total. The fourth-order valence-electron chi connectivity index (χ4n) is 3.48. The summed E-state index contributed by atoms with van der Waals surface area (Å²) >= 11 is 0. The molecular weight excluding hydrogens is 376 g/mol. The average molecular weight is 394 g/mol. The van der Waals surface area contributed by atoms with Gasteiger partial charge in [-0.25, -0.2) is 0 Å². The first kappa shape index (κ1) is 17.4. The van der Waals surface area contributed by atoms with E-state index in [4.69, 9.17) is 13.9 Å². The molecule has 2 aromatic heterocycles. The third-order valence-electron chi connectivity index (χ3n) is 5.06. The van der Waals surface area contributed by atoms with Crippen LogP contribution in [-0.4, -0.2) is 64.8 Å². The first-order valence-electron chi connectivity index (χ1n) is 9.26. The van der Waals surface area contributed by atoms with E-state index in [1.165, 1.54) is 0 Å². The molecule has 1 aromatic carbocycles. The van der Waals surface area contributed by atoms with Gasteiger partial charge >= 0.3 is 0 Å². The zero-order valence-electron chi connectivity index (χ0n) is 15.5. The summed E-state index contributed by atoms with van der Waals surface area (Å²) in [6.07, 6.45) is 1.56. The maximum Gasteiger partial charge on any atom is 0.274 e. The lowest BCUT2D eigenvalue weighted by molar-refractivity contribution is 0.0532. The van der Waals surface area contributed by atoms with Crippen molar-refractivity contribution in [2.75, 3.05) is 33.0 Å². The Bertz CT molecular complexity index is 1050. The van der Waals surface area contributed by atoms with Crippen molar-refractivity contribution in [3.8, 4) is 23.0 Å². The zero-order valence-corrected chi connectivity index (χ0v) is 15.5. The summed E-state index contributed by atoms with van der Waals surface area (Å²) in [6.45, 7) is 1.96. The van der Waals surface area contributed by atoms with Gasteiger partial charge in [-0.15, -0.1) is 0 Å². The fraction of sp³-hybridized carbons (Fsp3) is 0.250.